The number of nitrogens with one attached hydrogen (secondary N) is 2. The van der Waals surface area contributed by atoms with Crippen molar-refractivity contribution in [1.82, 2.24) is 15.0 Å². The molecule has 2 aromatic heterocycles. The van der Waals surface area contributed by atoms with Crippen molar-refractivity contribution in [3.05, 3.63) is 40.9 Å². The molecule has 0 radical (unpaired) electrons. The standard InChI is InChI=1S/C23H32ClN5O2/c1-2-31-23(30)19(29-21-15-20(24)26-16-27-21)11-7-5-3-4-6-10-18-13-12-17-9-8-14-25-22(17)28-18/h12-13,15-16,19H,2-11,14H2,1H3,(H,25,28)(H,26,27,29)/t19-/m0/s1. The van der Waals surface area contributed by atoms with Crippen LogP contribution in [0.3, 0.4) is 0 Å². The summed E-state index contributed by atoms with van der Waals surface area (Å²) >= 11 is 5.91. The molecule has 0 saturated carbocycles. The van der Waals surface area contributed by atoms with Crippen LogP contribution in [0, 0.1) is 0 Å². The van der Waals surface area contributed by atoms with Gasteiger partial charge in [0.15, 0.2) is 0 Å². The lowest BCUT2D eigenvalue weighted by atomic mass is 10.0. The van der Waals surface area contributed by atoms with E-state index in [1.807, 2.05) is 6.92 Å². The zero-order valence-corrected chi connectivity index (χ0v) is 19.0. The average Bonchev–Trinajstić information content (AvgIpc) is 2.77. The Labute approximate surface area is 189 Å². The Hall–Kier alpha value is -2.41. The first kappa shape index (κ1) is 23.3. The van der Waals surface area contributed by atoms with Gasteiger partial charge in [0.2, 0.25) is 0 Å². The highest BCUT2D eigenvalue weighted by molar-refractivity contribution is 6.29. The molecule has 168 valence electrons. The van der Waals surface area contributed by atoms with Gasteiger partial charge in [0.25, 0.3) is 0 Å². The Bertz CT molecular complexity index is 848. The number of fused-ring (bicyclic) bond motifs is 1. The third-order valence-electron chi connectivity index (χ3n) is 5.40. The minimum absolute atomic E-state index is 0.260. The van der Waals surface area contributed by atoms with E-state index in [2.05, 4.69) is 32.7 Å². The number of hydrogen-bond acceptors (Lipinski definition) is 7. The summed E-state index contributed by atoms with van der Waals surface area (Å²) in [4.78, 5) is 25.0. The molecular weight excluding hydrogens is 414 g/mol. The first-order valence-corrected chi connectivity index (χ1v) is 11.7. The van der Waals surface area contributed by atoms with E-state index in [1.165, 1.54) is 24.0 Å². The minimum Gasteiger partial charge on any atom is -0.464 e. The van der Waals surface area contributed by atoms with E-state index in [-0.39, 0.29) is 5.97 Å². The third kappa shape index (κ3) is 7.65. The van der Waals surface area contributed by atoms with E-state index < -0.39 is 6.04 Å². The molecule has 0 aliphatic carbocycles. The SMILES string of the molecule is CCOC(=O)[C@H](CCCCCCCc1ccc2c(n1)NCCC2)Nc1cc(Cl)ncn1. The van der Waals surface area contributed by atoms with Gasteiger partial charge in [-0.15, -0.1) is 0 Å². The molecule has 31 heavy (non-hydrogen) atoms. The predicted molar refractivity (Wildman–Crippen MR) is 124 cm³/mol. The normalized spacial score (nSPS) is 13.7. The Balaban J connectivity index is 1.36. The number of pyridine rings is 1. The van der Waals surface area contributed by atoms with Crippen LogP contribution in [0.4, 0.5) is 11.6 Å². The van der Waals surface area contributed by atoms with Crippen LogP contribution < -0.4 is 10.6 Å². The fourth-order valence-electron chi connectivity index (χ4n) is 3.78. The van der Waals surface area contributed by atoms with Crippen molar-refractivity contribution in [3.8, 4) is 0 Å². The van der Waals surface area contributed by atoms with Crippen LogP contribution >= 0.6 is 11.6 Å². The molecule has 2 aromatic rings. The van der Waals surface area contributed by atoms with Crippen LogP contribution in [0.25, 0.3) is 0 Å². The zero-order chi connectivity index (χ0) is 21.9. The lowest BCUT2D eigenvalue weighted by molar-refractivity contribution is -0.144. The molecule has 3 heterocycles. The highest BCUT2D eigenvalue weighted by Crippen LogP contribution is 2.21. The molecule has 0 aromatic carbocycles. The molecule has 1 atom stereocenters. The van der Waals surface area contributed by atoms with E-state index in [0.29, 0.717) is 24.0 Å². The summed E-state index contributed by atoms with van der Waals surface area (Å²) in [5.74, 6) is 1.35. The second-order valence-corrected chi connectivity index (χ2v) is 8.21. The van der Waals surface area contributed by atoms with Crippen LogP contribution in [-0.4, -0.2) is 40.1 Å². The summed E-state index contributed by atoms with van der Waals surface area (Å²) in [6.07, 6.45) is 10.8. The van der Waals surface area contributed by atoms with Crippen molar-refractivity contribution in [2.75, 3.05) is 23.8 Å². The molecule has 1 aliphatic rings. The number of nitrogens with zero attached hydrogens (tertiary/aromatic N) is 3. The first-order chi connectivity index (χ1) is 15.2. The smallest absolute Gasteiger partial charge is 0.328 e. The summed E-state index contributed by atoms with van der Waals surface area (Å²) in [5.41, 5.74) is 2.51. The Morgan fingerprint density at radius 1 is 1.23 bits per heavy atom. The number of ether oxygens (including phenoxy) is 1. The van der Waals surface area contributed by atoms with Crippen molar-refractivity contribution < 1.29 is 9.53 Å². The number of rotatable bonds is 12. The number of anilines is 2. The monoisotopic (exact) mass is 445 g/mol. The number of hydrogen-bond donors (Lipinski definition) is 2. The summed E-state index contributed by atoms with van der Waals surface area (Å²) < 4.78 is 5.20. The van der Waals surface area contributed by atoms with E-state index in [4.69, 9.17) is 21.3 Å². The Morgan fingerprint density at radius 2 is 2.06 bits per heavy atom. The highest BCUT2D eigenvalue weighted by Gasteiger charge is 2.20. The summed E-state index contributed by atoms with van der Waals surface area (Å²) in [6.45, 7) is 3.19. The van der Waals surface area contributed by atoms with Crippen LogP contribution in [-0.2, 0) is 22.4 Å². The lowest BCUT2D eigenvalue weighted by Gasteiger charge is -2.18. The minimum atomic E-state index is -0.432. The summed E-state index contributed by atoms with van der Waals surface area (Å²) in [7, 11) is 0. The Morgan fingerprint density at radius 3 is 2.90 bits per heavy atom. The van der Waals surface area contributed by atoms with Gasteiger partial charge in [-0.05, 0) is 50.7 Å². The maximum absolute atomic E-state index is 12.3. The number of carbonyl (C=O) groups is 1. The predicted octanol–water partition coefficient (Wildman–Crippen LogP) is 4.81. The van der Waals surface area contributed by atoms with Crippen LogP contribution in [0.2, 0.25) is 5.15 Å². The van der Waals surface area contributed by atoms with Crippen LogP contribution in [0.1, 0.15) is 63.1 Å². The van der Waals surface area contributed by atoms with Gasteiger partial charge in [-0.1, -0.05) is 43.4 Å². The quantitative estimate of drug-likeness (QED) is 0.275. The topological polar surface area (TPSA) is 89.0 Å². The van der Waals surface area contributed by atoms with Crippen LogP contribution in [0.5, 0.6) is 0 Å². The molecule has 7 nitrogen and oxygen atoms in total. The maximum Gasteiger partial charge on any atom is 0.328 e. The van der Waals surface area contributed by atoms with Gasteiger partial charge < -0.3 is 15.4 Å². The van der Waals surface area contributed by atoms with Gasteiger partial charge in [0.1, 0.15) is 29.2 Å². The van der Waals surface area contributed by atoms with Gasteiger partial charge >= 0.3 is 5.97 Å². The van der Waals surface area contributed by atoms with Gasteiger partial charge in [-0.2, -0.15) is 0 Å². The third-order valence-corrected chi connectivity index (χ3v) is 5.61. The number of unbranched alkanes of at least 4 members (excludes halogenated alkanes) is 4. The lowest BCUT2D eigenvalue weighted by Crippen LogP contribution is -2.31. The summed E-state index contributed by atoms with van der Waals surface area (Å²) in [5, 5.41) is 6.87. The van der Waals surface area contributed by atoms with Gasteiger partial charge in [0, 0.05) is 18.3 Å². The largest absolute Gasteiger partial charge is 0.464 e. The maximum atomic E-state index is 12.3. The molecule has 0 saturated heterocycles. The number of aryl methyl sites for hydroxylation is 2. The van der Waals surface area contributed by atoms with Gasteiger partial charge in [-0.3, -0.25) is 0 Å². The van der Waals surface area contributed by atoms with E-state index in [9.17, 15) is 4.79 Å². The fourth-order valence-corrected chi connectivity index (χ4v) is 3.92. The second kappa shape index (κ2) is 12.4. The van der Waals surface area contributed by atoms with Crippen LogP contribution in [0.15, 0.2) is 24.5 Å². The van der Waals surface area contributed by atoms with Gasteiger partial charge in [0.05, 0.1) is 6.61 Å². The molecule has 1 aliphatic heterocycles. The molecule has 0 bridgehead atoms. The van der Waals surface area contributed by atoms with Gasteiger partial charge in [-0.25, -0.2) is 19.7 Å². The molecule has 8 heteroatoms. The molecule has 0 amide bonds. The fraction of sp³-hybridized carbons (Fsp3) is 0.565. The number of esters is 1. The highest BCUT2D eigenvalue weighted by atomic mass is 35.5. The molecular formula is C23H32ClN5O2. The molecule has 0 unspecified atom stereocenters. The van der Waals surface area contributed by atoms with Crippen molar-refractivity contribution in [2.45, 2.75) is 70.8 Å². The average molecular weight is 446 g/mol. The van der Waals surface area contributed by atoms with Crippen molar-refractivity contribution in [3.63, 3.8) is 0 Å². The van der Waals surface area contributed by atoms with E-state index in [1.54, 1.807) is 6.07 Å². The number of aromatic nitrogens is 3. The molecule has 0 fully saturated rings. The second-order valence-electron chi connectivity index (χ2n) is 7.82. The van der Waals surface area contributed by atoms with E-state index in [0.717, 1.165) is 57.3 Å². The van der Waals surface area contributed by atoms with Crippen molar-refractivity contribution in [2.24, 2.45) is 0 Å². The summed E-state index contributed by atoms with van der Waals surface area (Å²) in [6, 6.07) is 5.56. The first-order valence-electron chi connectivity index (χ1n) is 11.3. The molecule has 2 N–H and O–H groups in total. The van der Waals surface area contributed by atoms with Crippen molar-refractivity contribution in [1.29, 1.82) is 0 Å². The van der Waals surface area contributed by atoms with Crippen molar-refractivity contribution >= 4 is 29.2 Å². The number of halogens is 1. The zero-order valence-electron chi connectivity index (χ0n) is 18.2. The van der Waals surface area contributed by atoms with E-state index >= 15 is 0 Å². The Kier molecular flexibility index (Phi) is 9.34. The number of carbonyl (C=O) groups excluding carboxylic acids is 1. The molecule has 3 rings (SSSR count). The molecule has 0 spiro atoms.